The third-order valence-electron chi connectivity index (χ3n) is 2.53. The van der Waals surface area contributed by atoms with Crippen LogP contribution in [0.1, 0.15) is 15.9 Å². The van der Waals surface area contributed by atoms with E-state index < -0.39 is 0 Å². The second kappa shape index (κ2) is 6.04. The van der Waals surface area contributed by atoms with E-state index in [9.17, 15) is 4.79 Å². The third kappa shape index (κ3) is 3.25. The van der Waals surface area contributed by atoms with E-state index in [2.05, 4.69) is 22.6 Å². The first kappa shape index (κ1) is 13.8. The van der Waals surface area contributed by atoms with Crippen LogP contribution in [0.2, 0.25) is 10.0 Å². The van der Waals surface area contributed by atoms with Crippen LogP contribution in [0.15, 0.2) is 42.5 Å². The lowest BCUT2D eigenvalue weighted by Crippen LogP contribution is -2.06. The van der Waals surface area contributed by atoms with Gasteiger partial charge < -0.3 is 0 Å². The molecule has 2 aromatic carbocycles. The molecule has 0 spiro atoms. The first-order valence-corrected chi connectivity index (χ1v) is 7.13. The molecule has 0 aliphatic carbocycles. The lowest BCUT2D eigenvalue weighted by molar-refractivity contribution is 0.0992. The lowest BCUT2D eigenvalue weighted by atomic mass is 10.0. The minimum absolute atomic E-state index is 0.0455. The van der Waals surface area contributed by atoms with Gasteiger partial charge in [0.2, 0.25) is 0 Å². The van der Waals surface area contributed by atoms with Crippen LogP contribution < -0.4 is 0 Å². The number of hydrogen-bond acceptors (Lipinski definition) is 1. The zero-order valence-electron chi connectivity index (χ0n) is 9.29. The highest BCUT2D eigenvalue weighted by Crippen LogP contribution is 2.23. The maximum atomic E-state index is 12.2. The number of carbonyl (C=O) groups excluding carboxylic acids is 1. The summed E-state index contributed by atoms with van der Waals surface area (Å²) in [7, 11) is 0. The number of carbonyl (C=O) groups is 1. The van der Waals surface area contributed by atoms with Crippen LogP contribution in [0, 0.1) is 3.57 Å². The van der Waals surface area contributed by atoms with Gasteiger partial charge in [0.15, 0.2) is 5.78 Å². The molecule has 0 radical (unpaired) electrons. The highest BCUT2D eigenvalue weighted by atomic mass is 127. The van der Waals surface area contributed by atoms with Crippen molar-refractivity contribution < 1.29 is 4.79 Å². The van der Waals surface area contributed by atoms with E-state index in [4.69, 9.17) is 23.2 Å². The zero-order chi connectivity index (χ0) is 13.1. The molecule has 92 valence electrons. The van der Waals surface area contributed by atoms with Crippen molar-refractivity contribution in [3.05, 3.63) is 67.2 Å². The predicted octanol–water partition coefficient (Wildman–Crippen LogP) is 5.02. The average molecular weight is 391 g/mol. The molecule has 0 amide bonds. The Morgan fingerprint density at radius 2 is 1.83 bits per heavy atom. The third-order valence-corrected chi connectivity index (χ3v) is 4.08. The molecule has 0 heterocycles. The first-order chi connectivity index (χ1) is 8.58. The molecular weight excluding hydrogens is 382 g/mol. The lowest BCUT2D eigenvalue weighted by Gasteiger charge is -2.06. The number of halogens is 3. The van der Waals surface area contributed by atoms with Crippen LogP contribution in [0.25, 0.3) is 0 Å². The Morgan fingerprint density at radius 3 is 2.56 bits per heavy atom. The second-order valence-corrected chi connectivity index (χ2v) is 5.82. The van der Waals surface area contributed by atoms with Gasteiger partial charge in [-0.15, -0.1) is 0 Å². The summed E-state index contributed by atoms with van der Waals surface area (Å²) in [5.74, 6) is 0.0455. The summed E-state index contributed by atoms with van der Waals surface area (Å²) >= 11 is 14.1. The number of Topliss-reactive ketones (excluding diaryl/α,β-unsaturated/α-hetero) is 1. The van der Waals surface area contributed by atoms with E-state index in [1.807, 2.05) is 24.3 Å². The Kier molecular flexibility index (Phi) is 4.65. The van der Waals surface area contributed by atoms with Gasteiger partial charge in [-0.25, -0.2) is 0 Å². The highest BCUT2D eigenvalue weighted by molar-refractivity contribution is 14.1. The van der Waals surface area contributed by atoms with Gasteiger partial charge in [-0.05, 0) is 52.4 Å². The largest absolute Gasteiger partial charge is 0.294 e. The van der Waals surface area contributed by atoms with Gasteiger partial charge in [0.05, 0.1) is 0 Å². The van der Waals surface area contributed by atoms with Gasteiger partial charge in [0.1, 0.15) is 0 Å². The molecule has 0 atom stereocenters. The Bertz CT molecular complexity index is 596. The van der Waals surface area contributed by atoms with Crippen molar-refractivity contribution in [2.24, 2.45) is 0 Å². The van der Waals surface area contributed by atoms with Crippen molar-refractivity contribution in [3.63, 3.8) is 0 Å². The molecule has 1 nitrogen and oxygen atoms in total. The molecule has 0 aliphatic rings. The number of rotatable bonds is 3. The van der Waals surface area contributed by atoms with Crippen molar-refractivity contribution in [2.75, 3.05) is 0 Å². The van der Waals surface area contributed by atoms with Crippen molar-refractivity contribution >= 4 is 51.6 Å². The van der Waals surface area contributed by atoms with Crippen molar-refractivity contribution in [1.29, 1.82) is 0 Å². The van der Waals surface area contributed by atoms with Crippen molar-refractivity contribution in [2.45, 2.75) is 6.42 Å². The van der Waals surface area contributed by atoms with E-state index in [1.165, 1.54) is 0 Å². The van der Waals surface area contributed by atoms with Crippen LogP contribution in [0.5, 0.6) is 0 Å². The number of benzene rings is 2. The van der Waals surface area contributed by atoms with Gasteiger partial charge in [-0.3, -0.25) is 4.79 Å². The Labute approximate surface area is 129 Å². The molecule has 0 aliphatic heterocycles. The van der Waals surface area contributed by atoms with Crippen LogP contribution in [-0.4, -0.2) is 5.78 Å². The molecule has 0 unspecified atom stereocenters. The minimum atomic E-state index is 0.0455. The summed E-state index contributed by atoms with van der Waals surface area (Å²) in [6, 6.07) is 12.7. The molecule has 0 saturated carbocycles. The number of hydrogen-bond donors (Lipinski definition) is 0. The standard InChI is InChI=1S/C14H9Cl2IO/c15-10-5-6-12(16)9(7-10)8-14(18)11-3-1-2-4-13(11)17/h1-7H,8H2. The molecule has 18 heavy (non-hydrogen) atoms. The van der Waals surface area contributed by atoms with E-state index >= 15 is 0 Å². The van der Waals surface area contributed by atoms with Crippen LogP contribution >= 0.6 is 45.8 Å². The maximum Gasteiger partial charge on any atom is 0.168 e. The molecule has 0 fully saturated rings. The molecule has 0 aromatic heterocycles. The summed E-state index contributed by atoms with van der Waals surface area (Å²) < 4.78 is 0.943. The molecule has 0 saturated heterocycles. The summed E-state index contributed by atoms with van der Waals surface area (Å²) in [4.78, 5) is 12.2. The predicted molar refractivity (Wildman–Crippen MR) is 83.7 cm³/mol. The van der Waals surface area contributed by atoms with Crippen molar-refractivity contribution in [1.82, 2.24) is 0 Å². The molecule has 0 N–H and O–H groups in total. The zero-order valence-corrected chi connectivity index (χ0v) is 13.0. The van der Waals surface area contributed by atoms with Gasteiger partial charge in [0, 0.05) is 25.6 Å². The number of ketones is 1. The van der Waals surface area contributed by atoms with Gasteiger partial charge >= 0.3 is 0 Å². The smallest absolute Gasteiger partial charge is 0.168 e. The molecular formula is C14H9Cl2IO. The SMILES string of the molecule is O=C(Cc1cc(Cl)ccc1Cl)c1ccccc1I. The minimum Gasteiger partial charge on any atom is -0.294 e. The molecule has 0 bridgehead atoms. The summed E-state index contributed by atoms with van der Waals surface area (Å²) in [5, 5.41) is 1.16. The van der Waals surface area contributed by atoms with Crippen LogP contribution in [0.3, 0.4) is 0 Å². The van der Waals surface area contributed by atoms with Gasteiger partial charge in [0.25, 0.3) is 0 Å². The Balaban J connectivity index is 2.27. The monoisotopic (exact) mass is 390 g/mol. The van der Waals surface area contributed by atoms with Crippen LogP contribution in [0.4, 0.5) is 0 Å². The topological polar surface area (TPSA) is 17.1 Å². The van der Waals surface area contributed by atoms with Gasteiger partial charge in [-0.2, -0.15) is 0 Å². The van der Waals surface area contributed by atoms with E-state index in [-0.39, 0.29) is 12.2 Å². The second-order valence-electron chi connectivity index (χ2n) is 3.82. The summed E-state index contributed by atoms with van der Waals surface area (Å²) in [6.07, 6.45) is 0.263. The van der Waals surface area contributed by atoms with Crippen molar-refractivity contribution in [3.8, 4) is 0 Å². The summed E-state index contributed by atoms with van der Waals surface area (Å²) in [6.45, 7) is 0. The quantitative estimate of drug-likeness (QED) is 0.531. The van der Waals surface area contributed by atoms with Gasteiger partial charge in [-0.1, -0.05) is 41.4 Å². The van der Waals surface area contributed by atoms with E-state index in [1.54, 1.807) is 18.2 Å². The highest BCUT2D eigenvalue weighted by Gasteiger charge is 2.12. The van der Waals surface area contributed by atoms with E-state index in [0.717, 1.165) is 9.13 Å². The summed E-state index contributed by atoms with van der Waals surface area (Å²) in [5.41, 5.74) is 1.47. The first-order valence-electron chi connectivity index (χ1n) is 5.29. The Hall–Kier alpha value is -0.580. The Morgan fingerprint density at radius 1 is 1.11 bits per heavy atom. The average Bonchev–Trinajstić information content (AvgIpc) is 2.34. The molecule has 4 heteroatoms. The molecule has 2 aromatic rings. The molecule has 2 rings (SSSR count). The maximum absolute atomic E-state index is 12.2. The fraction of sp³-hybridized carbons (Fsp3) is 0.0714. The fourth-order valence-corrected chi connectivity index (χ4v) is 2.70. The normalized spacial score (nSPS) is 10.4. The van der Waals surface area contributed by atoms with E-state index in [0.29, 0.717) is 15.6 Å². The fourth-order valence-electron chi connectivity index (χ4n) is 1.63. The van der Waals surface area contributed by atoms with Crippen LogP contribution in [-0.2, 0) is 6.42 Å².